The first-order chi connectivity index (χ1) is 9.13. The average molecular weight is 329 g/mol. The zero-order chi connectivity index (χ0) is 13.5. The molecule has 0 amide bonds. The lowest BCUT2D eigenvalue weighted by Gasteiger charge is -2.16. The normalized spacial score (nSPS) is 15.6. The molecule has 1 aliphatic carbocycles. The maximum atomic E-state index is 6.07. The van der Waals surface area contributed by atoms with Crippen LogP contribution in [0.2, 0.25) is 10.0 Å². The molecule has 1 nitrogen and oxygen atoms in total. The molecule has 0 aromatic heterocycles. The molecule has 4 heteroatoms. The SMILES string of the molecule is CNC1(c2cccc(-c3cc(Cl)cc(Cl)c3)c2)CC1.Cl. The summed E-state index contributed by atoms with van der Waals surface area (Å²) in [5.41, 5.74) is 3.73. The molecule has 106 valence electrons. The third kappa shape index (κ3) is 2.96. The number of hydrogen-bond donors (Lipinski definition) is 1. The van der Waals surface area contributed by atoms with Crippen molar-refractivity contribution < 1.29 is 0 Å². The summed E-state index contributed by atoms with van der Waals surface area (Å²) in [6.07, 6.45) is 2.40. The van der Waals surface area contributed by atoms with E-state index in [1.165, 1.54) is 18.4 Å². The zero-order valence-corrected chi connectivity index (χ0v) is 13.4. The van der Waals surface area contributed by atoms with Crippen LogP contribution >= 0.6 is 35.6 Å². The molecule has 0 spiro atoms. The zero-order valence-electron chi connectivity index (χ0n) is 11.1. The van der Waals surface area contributed by atoms with Crippen molar-refractivity contribution >= 4 is 35.6 Å². The van der Waals surface area contributed by atoms with E-state index >= 15 is 0 Å². The van der Waals surface area contributed by atoms with Gasteiger partial charge in [-0.05, 0) is 60.8 Å². The van der Waals surface area contributed by atoms with Gasteiger partial charge < -0.3 is 5.32 Å². The lowest BCUT2D eigenvalue weighted by Crippen LogP contribution is -2.24. The van der Waals surface area contributed by atoms with Crippen LogP contribution in [0, 0.1) is 0 Å². The molecule has 1 aliphatic rings. The second kappa shape index (κ2) is 5.95. The second-order valence-electron chi connectivity index (χ2n) is 5.07. The first-order valence-corrected chi connectivity index (χ1v) is 7.14. The smallest absolute Gasteiger partial charge is 0.0434 e. The Kier molecular flexibility index (Phi) is 4.66. The first kappa shape index (κ1) is 15.7. The maximum Gasteiger partial charge on any atom is 0.0434 e. The van der Waals surface area contributed by atoms with E-state index in [2.05, 4.69) is 29.6 Å². The summed E-state index contributed by atoms with van der Waals surface area (Å²) < 4.78 is 0. The summed E-state index contributed by atoms with van der Waals surface area (Å²) in [6.45, 7) is 0. The van der Waals surface area contributed by atoms with Crippen LogP contribution in [0.4, 0.5) is 0 Å². The van der Waals surface area contributed by atoms with E-state index in [1.807, 2.05) is 19.2 Å². The van der Waals surface area contributed by atoms with Gasteiger partial charge in [0, 0.05) is 15.6 Å². The van der Waals surface area contributed by atoms with Gasteiger partial charge in [-0.25, -0.2) is 0 Å². The van der Waals surface area contributed by atoms with Crippen LogP contribution in [0.5, 0.6) is 0 Å². The molecule has 2 aromatic rings. The monoisotopic (exact) mass is 327 g/mol. The summed E-state index contributed by atoms with van der Waals surface area (Å²) in [4.78, 5) is 0. The number of rotatable bonds is 3. The fourth-order valence-electron chi connectivity index (χ4n) is 2.52. The quantitative estimate of drug-likeness (QED) is 0.807. The molecule has 0 saturated heterocycles. The number of benzene rings is 2. The van der Waals surface area contributed by atoms with Crippen molar-refractivity contribution in [2.24, 2.45) is 0 Å². The Balaban J connectivity index is 0.00000147. The van der Waals surface area contributed by atoms with Gasteiger partial charge in [-0.15, -0.1) is 12.4 Å². The van der Waals surface area contributed by atoms with Gasteiger partial charge in [-0.1, -0.05) is 41.4 Å². The molecular weight excluding hydrogens is 313 g/mol. The van der Waals surface area contributed by atoms with Crippen molar-refractivity contribution in [2.75, 3.05) is 7.05 Å². The molecule has 0 atom stereocenters. The van der Waals surface area contributed by atoms with E-state index < -0.39 is 0 Å². The molecule has 1 fully saturated rings. The Labute approximate surface area is 135 Å². The molecule has 0 bridgehead atoms. The molecule has 0 radical (unpaired) electrons. The predicted octanol–water partition coefficient (Wildman–Crippen LogP) is 5.29. The average Bonchev–Trinajstić information content (AvgIpc) is 3.19. The molecule has 3 rings (SSSR count). The van der Waals surface area contributed by atoms with Crippen LogP contribution in [0.25, 0.3) is 11.1 Å². The van der Waals surface area contributed by atoms with Crippen LogP contribution in [-0.2, 0) is 5.54 Å². The molecule has 0 unspecified atom stereocenters. The lowest BCUT2D eigenvalue weighted by molar-refractivity contribution is 0.586. The van der Waals surface area contributed by atoms with Crippen LogP contribution in [-0.4, -0.2) is 7.05 Å². The van der Waals surface area contributed by atoms with Gasteiger partial charge in [-0.3, -0.25) is 0 Å². The predicted molar refractivity (Wildman–Crippen MR) is 89.1 cm³/mol. The summed E-state index contributed by atoms with van der Waals surface area (Å²) in [7, 11) is 2.02. The Morgan fingerprint density at radius 3 is 2.15 bits per heavy atom. The lowest BCUT2D eigenvalue weighted by atomic mass is 9.98. The van der Waals surface area contributed by atoms with E-state index in [4.69, 9.17) is 23.2 Å². The van der Waals surface area contributed by atoms with Crippen molar-refractivity contribution in [1.29, 1.82) is 0 Å². The van der Waals surface area contributed by atoms with Gasteiger partial charge in [0.15, 0.2) is 0 Å². The standard InChI is InChI=1S/C16H15Cl2N.ClH/c1-19-16(5-6-16)13-4-2-3-11(7-13)12-8-14(17)10-15(18)9-12;/h2-4,7-10,19H,5-6H2,1H3;1H. The van der Waals surface area contributed by atoms with E-state index in [0.29, 0.717) is 10.0 Å². The number of halogens is 3. The molecular formula is C16H16Cl3N. The number of hydrogen-bond acceptors (Lipinski definition) is 1. The topological polar surface area (TPSA) is 12.0 Å². The van der Waals surface area contributed by atoms with E-state index in [9.17, 15) is 0 Å². The highest BCUT2D eigenvalue weighted by atomic mass is 35.5. The van der Waals surface area contributed by atoms with Gasteiger partial charge in [-0.2, -0.15) is 0 Å². The van der Waals surface area contributed by atoms with Crippen molar-refractivity contribution in [3.63, 3.8) is 0 Å². The highest BCUT2D eigenvalue weighted by Gasteiger charge is 2.42. The molecule has 1 N–H and O–H groups in total. The minimum Gasteiger partial charge on any atom is -0.310 e. The second-order valence-corrected chi connectivity index (χ2v) is 5.94. The van der Waals surface area contributed by atoms with Crippen molar-refractivity contribution in [2.45, 2.75) is 18.4 Å². The summed E-state index contributed by atoms with van der Waals surface area (Å²) in [6, 6.07) is 14.3. The Bertz CT molecular complexity index is 601. The largest absolute Gasteiger partial charge is 0.310 e. The molecule has 1 saturated carbocycles. The Hall–Kier alpha value is -0.730. The van der Waals surface area contributed by atoms with E-state index in [-0.39, 0.29) is 17.9 Å². The van der Waals surface area contributed by atoms with Gasteiger partial charge in [0.2, 0.25) is 0 Å². The molecule has 0 heterocycles. The summed E-state index contributed by atoms with van der Waals surface area (Å²) in [5, 5.41) is 4.76. The van der Waals surface area contributed by atoms with Gasteiger partial charge in [0.05, 0.1) is 0 Å². The minimum atomic E-state index is 0. The van der Waals surface area contributed by atoms with Crippen molar-refractivity contribution in [1.82, 2.24) is 5.32 Å². The van der Waals surface area contributed by atoms with Gasteiger partial charge in [0.25, 0.3) is 0 Å². The van der Waals surface area contributed by atoms with Gasteiger partial charge >= 0.3 is 0 Å². The Morgan fingerprint density at radius 2 is 1.60 bits per heavy atom. The fourth-order valence-corrected chi connectivity index (χ4v) is 3.05. The highest BCUT2D eigenvalue weighted by Crippen LogP contribution is 2.45. The maximum absolute atomic E-state index is 6.07. The summed E-state index contributed by atoms with van der Waals surface area (Å²) in [5.74, 6) is 0. The third-order valence-electron chi connectivity index (χ3n) is 3.84. The highest BCUT2D eigenvalue weighted by molar-refractivity contribution is 6.35. The molecule has 20 heavy (non-hydrogen) atoms. The molecule has 2 aromatic carbocycles. The van der Waals surface area contributed by atoms with Crippen LogP contribution in [0.3, 0.4) is 0 Å². The molecule has 0 aliphatic heterocycles. The van der Waals surface area contributed by atoms with Crippen LogP contribution in [0.15, 0.2) is 42.5 Å². The van der Waals surface area contributed by atoms with Crippen molar-refractivity contribution in [3.8, 4) is 11.1 Å². The van der Waals surface area contributed by atoms with Gasteiger partial charge in [0.1, 0.15) is 0 Å². The minimum absolute atomic E-state index is 0. The fraction of sp³-hybridized carbons (Fsp3) is 0.250. The Morgan fingerprint density at radius 1 is 0.950 bits per heavy atom. The van der Waals surface area contributed by atoms with E-state index in [1.54, 1.807) is 6.07 Å². The van der Waals surface area contributed by atoms with Crippen LogP contribution < -0.4 is 5.32 Å². The van der Waals surface area contributed by atoms with Crippen molar-refractivity contribution in [3.05, 3.63) is 58.1 Å². The van der Waals surface area contributed by atoms with E-state index in [0.717, 1.165) is 11.1 Å². The summed E-state index contributed by atoms with van der Waals surface area (Å²) >= 11 is 12.1. The number of nitrogens with one attached hydrogen (secondary N) is 1. The first-order valence-electron chi connectivity index (χ1n) is 6.39. The third-order valence-corrected chi connectivity index (χ3v) is 4.28. The van der Waals surface area contributed by atoms with Crippen LogP contribution in [0.1, 0.15) is 18.4 Å².